The van der Waals surface area contributed by atoms with Crippen molar-refractivity contribution in [1.29, 1.82) is 0 Å². The highest BCUT2D eigenvalue weighted by Crippen LogP contribution is 2.30. The second kappa shape index (κ2) is 3.71. The Hall–Kier alpha value is -2.56. The fourth-order valence-corrected chi connectivity index (χ4v) is 2.12. The third kappa shape index (κ3) is 1.55. The summed E-state index contributed by atoms with van der Waals surface area (Å²) in [6.45, 7) is 3.70. The van der Waals surface area contributed by atoms with Gasteiger partial charge in [0.1, 0.15) is 5.76 Å². The van der Waals surface area contributed by atoms with Crippen LogP contribution in [0.2, 0.25) is 0 Å². The summed E-state index contributed by atoms with van der Waals surface area (Å²) in [4.78, 5) is 22.8. The molecule has 0 atom stereocenters. The number of hydrogen-bond acceptors (Lipinski definition) is 4. The van der Waals surface area contributed by atoms with Gasteiger partial charge in [0.05, 0.1) is 5.39 Å². The zero-order chi connectivity index (χ0) is 13.7. The molecule has 0 radical (unpaired) electrons. The van der Waals surface area contributed by atoms with Crippen molar-refractivity contribution < 1.29 is 18.7 Å². The van der Waals surface area contributed by atoms with Crippen LogP contribution in [0, 0.1) is 13.8 Å². The number of carbonyl (C=O) groups is 1. The maximum absolute atomic E-state index is 11.9. The van der Waals surface area contributed by atoms with Crippen LogP contribution in [0.25, 0.3) is 21.9 Å². The van der Waals surface area contributed by atoms with Crippen LogP contribution in [0.4, 0.5) is 0 Å². The minimum Gasteiger partial charge on any atom is -0.475 e. The van der Waals surface area contributed by atoms with Gasteiger partial charge in [0.2, 0.25) is 5.76 Å². The normalized spacial score (nSPS) is 11.3. The summed E-state index contributed by atoms with van der Waals surface area (Å²) in [6.07, 6.45) is 0. The summed E-state index contributed by atoms with van der Waals surface area (Å²) < 4.78 is 10.9. The summed E-state index contributed by atoms with van der Waals surface area (Å²) in [7, 11) is 0. The Kier molecular flexibility index (Phi) is 2.25. The molecule has 0 unspecified atom stereocenters. The molecule has 0 bridgehead atoms. The van der Waals surface area contributed by atoms with Crippen molar-refractivity contribution in [3.8, 4) is 0 Å². The first-order valence-electron chi connectivity index (χ1n) is 5.69. The van der Waals surface area contributed by atoms with Gasteiger partial charge >= 0.3 is 5.97 Å². The first kappa shape index (κ1) is 11.5. The van der Waals surface area contributed by atoms with E-state index >= 15 is 0 Å². The second-order valence-electron chi connectivity index (χ2n) is 4.38. The summed E-state index contributed by atoms with van der Waals surface area (Å²) >= 11 is 0. The van der Waals surface area contributed by atoms with Crippen molar-refractivity contribution in [1.82, 2.24) is 0 Å². The van der Waals surface area contributed by atoms with Crippen molar-refractivity contribution in [3.05, 3.63) is 45.5 Å². The van der Waals surface area contributed by atoms with Crippen molar-refractivity contribution in [2.24, 2.45) is 0 Å². The second-order valence-corrected chi connectivity index (χ2v) is 4.38. The number of benzene rings is 1. The van der Waals surface area contributed by atoms with Gasteiger partial charge in [-0.2, -0.15) is 0 Å². The molecule has 96 valence electrons. The van der Waals surface area contributed by atoms with Gasteiger partial charge in [-0.3, -0.25) is 4.79 Å². The van der Waals surface area contributed by atoms with E-state index in [0.717, 1.165) is 17.0 Å². The van der Waals surface area contributed by atoms with Gasteiger partial charge in [-0.1, -0.05) is 0 Å². The van der Waals surface area contributed by atoms with Gasteiger partial charge in [0, 0.05) is 11.5 Å². The SMILES string of the molecule is Cc1oc2c(ccc3c(=O)cc(C(=O)O)oc32)c1C. The third-order valence-corrected chi connectivity index (χ3v) is 3.25. The zero-order valence-electron chi connectivity index (χ0n) is 10.3. The Labute approximate surface area is 107 Å². The molecule has 0 aliphatic rings. The lowest BCUT2D eigenvalue weighted by atomic mass is 10.1. The molecule has 0 aliphatic heterocycles. The van der Waals surface area contributed by atoms with Crippen LogP contribution in [0.3, 0.4) is 0 Å². The molecule has 3 rings (SSSR count). The minimum atomic E-state index is -1.28. The van der Waals surface area contributed by atoms with Crippen LogP contribution in [0.1, 0.15) is 21.9 Å². The average Bonchev–Trinajstić information content (AvgIpc) is 2.66. The molecule has 19 heavy (non-hydrogen) atoms. The highest BCUT2D eigenvalue weighted by molar-refractivity contribution is 6.03. The molecule has 0 fully saturated rings. The first-order valence-corrected chi connectivity index (χ1v) is 5.69. The smallest absolute Gasteiger partial charge is 0.371 e. The predicted molar refractivity (Wildman–Crippen MR) is 68.7 cm³/mol. The molecular formula is C14H10O5. The van der Waals surface area contributed by atoms with E-state index in [1.165, 1.54) is 0 Å². The summed E-state index contributed by atoms with van der Waals surface area (Å²) in [5.74, 6) is -0.960. The molecule has 0 spiro atoms. The standard InChI is InChI=1S/C14H10O5/c1-6-7(2)18-12-8(6)3-4-9-10(15)5-11(14(16)17)19-13(9)12/h3-5H,1-2H3,(H,16,17). The molecule has 2 aromatic heterocycles. The Balaban J connectivity index is 2.56. The van der Waals surface area contributed by atoms with E-state index in [-0.39, 0.29) is 5.58 Å². The largest absolute Gasteiger partial charge is 0.475 e. The van der Waals surface area contributed by atoms with Gasteiger partial charge in [0.15, 0.2) is 16.6 Å². The van der Waals surface area contributed by atoms with E-state index in [0.29, 0.717) is 16.7 Å². The van der Waals surface area contributed by atoms with Gasteiger partial charge in [-0.15, -0.1) is 0 Å². The highest BCUT2D eigenvalue weighted by atomic mass is 16.4. The lowest BCUT2D eigenvalue weighted by Gasteiger charge is -1.99. The lowest BCUT2D eigenvalue weighted by molar-refractivity contribution is 0.0663. The monoisotopic (exact) mass is 258 g/mol. The molecule has 0 saturated heterocycles. The fraction of sp³-hybridized carbons (Fsp3) is 0.143. The van der Waals surface area contributed by atoms with Crippen LogP contribution in [0.15, 0.2) is 31.8 Å². The molecule has 3 aromatic rings. The predicted octanol–water partition coefficient (Wildman–Crippen LogP) is 2.85. The number of aryl methyl sites for hydroxylation is 2. The maximum Gasteiger partial charge on any atom is 0.371 e. The number of fused-ring (bicyclic) bond motifs is 3. The summed E-state index contributed by atoms with van der Waals surface area (Å²) in [5.41, 5.74) is 1.14. The Morgan fingerprint density at radius 1 is 1.11 bits per heavy atom. The zero-order valence-corrected chi connectivity index (χ0v) is 10.3. The highest BCUT2D eigenvalue weighted by Gasteiger charge is 2.16. The molecule has 0 aliphatic carbocycles. The number of aromatic carboxylic acids is 1. The van der Waals surface area contributed by atoms with Crippen molar-refractivity contribution >= 4 is 27.9 Å². The van der Waals surface area contributed by atoms with E-state index in [2.05, 4.69) is 0 Å². The summed E-state index contributed by atoms with van der Waals surface area (Å²) in [6, 6.07) is 4.37. The van der Waals surface area contributed by atoms with E-state index in [1.807, 2.05) is 6.92 Å². The van der Waals surface area contributed by atoms with Crippen LogP contribution in [0.5, 0.6) is 0 Å². The van der Waals surface area contributed by atoms with Gasteiger partial charge < -0.3 is 13.9 Å². The van der Waals surface area contributed by atoms with E-state index in [4.69, 9.17) is 13.9 Å². The molecule has 1 N–H and O–H groups in total. The number of furan rings is 1. The molecule has 5 nitrogen and oxygen atoms in total. The Morgan fingerprint density at radius 3 is 2.42 bits per heavy atom. The number of hydrogen-bond donors (Lipinski definition) is 1. The van der Waals surface area contributed by atoms with E-state index in [9.17, 15) is 9.59 Å². The quantitative estimate of drug-likeness (QED) is 0.725. The molecule has 2 heterocycles. The third-order valence-electron chi connectivity index (χ3n) is 3.25. The fourth-order valence-electron chi connectivity index (χ4n) is 2.12. The van der Waals surface area contributed by atoms with Crippen molar-refractivity contribution in [2.45, 2.75) is 13.8 Å². The molecule has 0 saturated carbocycles. The van der Waals surface area contributed by atoms with Crippen LogP contribution < -0.4 is 5.43 Å². The van der Waals surface area contributed by atoms with Crippen LogP contribution in [-0.4, -0.2) is 11.1 Å². The van der Waals surface area contributed by atoms with E-state index in [1.54, 1.807) is 19.1 Å². The molecule has 0 amide bonds. The topological polar surface area (TPSA) is 80.7 Å². The minimum absolute atomic E-state index is 0.179. The van der Waals surface area contributed by atoms with Crippen molar-refractivity contribution in [2.75, 3.05) is 0 Å². The number of carboxylic acids is 1. The summed E-state index contributed by atoms with van der Waals surface area (Å²) in [5, 5.41) is 10.1. The van der Waals surface area contributed by atoms with Crippen molar-refractivity contribution in [3.63, 3.8) is 0 Å². The Bertz CT molecular complexity index is 882. The van der Waals surface area contributed by atoms with Crippen LogP contribution in [-0.2, 0) is 0 Å². The lowest BCUT2D eigenvalue weighted by Crippen LogP contribution is -2.06. The van der Waals surface area contributed by atoms with Gasteiger partial charge in [-0.05, 0) is 31.5 Å². The average molecular weight is 258 g/mol. The van der Waals surface area contributed by atoms with Gasteiger partial charge in [-0.25, -0.2) is 4.79 Å². The first-order chi connectivity index (χ1) is 8.99. The van der Waals surface area contributed by atoms with E-state index < -0.39 is 17.2 Å². The van der Waals surface area contributed by atoms with Crippen LogP contribution >= 0.6 is 0 Å². The number of rotatable bonds is 1. The van der Waals surface area contributed by atoms with Gasteiger partial charge in [0.25, 0.3) is 0 Å². The maximum atomic E-state index is 11.9. The molecular weight excluding hydrogens is 248 g/mol. The Morgan fingerprint density at radius 2 is 1.74 bits per heavy atom. The number of carboxylic acid groups (broad SMARTS) is 1. The molecule has 1 aromatic carbocycles. The molecule has 5 heteroatoms.